The van der Waals surface area contributed by atoms with Gasteiger partial charge in [0.2, 0.25) is 0 Å². The molecule has 3 aromatic rings. The number of aromatic nitrogens is 1. The van der Waals surface area contributed by atoms with Crippen LogP contribution in [0.4, 0.5) is 11.4 Å². The van der Waals surface area contributed by atoms with E-state index in [2.05, 4.69) is 84.7 Å². The number of rotatable bonds is 20. The molecule has 4 rings (SSSR count). The van der Waals surface area contributed by atoms with Crippen LogP contribution in [0.1, 0.15) is 120 Å². The number of hydrogen-bond donors (Lipinski definition) is 2. The third kappa shape index (κ3) is 8.21. The van der Waals surface area contributed by atoms with Crippen LogP contribution in [-0.4, -0.2) is 50.3 Å². The summed E-state index contributed by atoms with van der Waals surface area (Å²) in [5.41, 5.74) is 10.5. The number of hydrazine groups is 1. The first-order valence-electron chi connectivity index (χ1n) is 18.1. The van der Waals surface area contributed by atoms with Gasteiger partial charge in [0.05, 0.1) is 24.5 Å². The van der Waals surface area contributed by atoms with Crippen LogP contribution >= 0.6 is 0 Å². The van der Waals surface area contributed by atoms with Crippen molar-refractivity contribution in [1.82, 2.24) is 15.8 Å². The molecule has 8 heteroatoms. The van der Waals surface area contributed by atoms with Crippen molar-refractivity contribution in [2.24, 2.45) is 0 Å². The molecule has 2 N–H and O–H groups in total. The predicted octanol–water partition coefficient (Wildman–Crippen LogP) is 8.23. The summed E-state index contributed by atoms with van der Waals surface area (Å²) in [6.45, 7) is 17.9. The zero-order valence-electron chi connectivity index (χ0n) is 29.7. The molecule has 0 unspecified atom stereocenters. The van der Waals surface area contributed by atoms with Gasteiger partial charge >= 0.3 is 0 Å². The van der Waals surface area contributed by atoms with Crippen molar-refractivity contribution >= 4 is 17.3 Å². The summed E-state index contributed by atoms with van der Waals surface area (Å²) in [7, 11) is 0. The fourth-order valence-electron chi connectivity index (χ4n) is 6.42. The van der Waals surface area contributed by atoms with Gasteiger partial charge < -0.3 is 19.3 Å². The second kappa shape index (κ2) is 17.9. The molecule has 0 spiro atoms. The number of anilines is 2. The molecule has 256 valence electrons. The number of nitrogens with one attached hydrogen (secondary N) is 2. The summed E-state index contributed by atoms with van der Waals surface area (Å²) in [5.74, 6) is 1.29. The molecule has 0 atom stereocenters. The molecule has 1 aromatic heterocycles. The van der Waals surface area contributed by atoms with Gasteiger partial charge in [-0.05, 0) is 63.8 Å². The minimum Gasteiger partial charge on any atom is -0.493 e. The molecule has 0 saturated carbocycles. The van der Waals surface area contributed by atoms with E-state index in [0.29, 0.717) is 24.5 Å². The van der Waals surface area contributed by atoms with E-state index in [1.807, 2.05) is 26.0 Å². The van der Waals surface area contributed by atoms with Crippen molar-refractivity contribution in [2.75, 3.05) is 49.2 Å². The summed E-state index contributed by atoms with van der Waals surface area (Å²) in [6, 6.07) is 16.7. The Labute approximate surface area is 283 Å². The van der Waals surface area contributed by atoms with Crippen molar-refractivity contribution in [3.05, 3.63) is 77.1 Å². The quantitative estimate of drug-likeness (QED) is 0.128. The Morgan fingerprint density at radius 2 is 1.15 bits per heavy atom. The predicted molar refractivity (Wildman–Crippen MR) is 194 cm³/mol. The molecular weight excluding hydrogens is 586 g/mol. The van der Waals surface area contributed by atoms with Crippen LogP contribution in [0.3, 0.4) is 0 Å². The van der Waals surface area contributed by atoms with Crippen molar-refractivity contribution in [2.45, 2.75) is 98.4 Å². The van der Waals surface area contributed by atoms with Gasteiger partial charge in [-0.25, -0.2) is 5.43 Å². The minimum absolute atomic E-state index is 0.219. The van der Waals surface area contributed by atoms with Gasteiger partial charge in [-0.15, -0.1) is 0 Å². The Hall–Kier alpha value is -3.78. The average molecular weight is 644 g/mol. The summed E-state index contributed by atoms with van der Waals surface area (Å²) < 4.78 is 12.9. The maximum atomic E-state index is 13.3. The van der Waals surface area contributed by atoms with Crippen molar-refractivity contribution in [1.29, 1.82) is 0 Å². The SMILES string of the molecule is CCCCN(CCCC)c1ccc(C2(c3ccc(N(CCCC)CCCC)cc3OCC)NNC(=O)c3cccnc32)c(OCC)c1. The highest BCUT2D eigenvalue weighted by molar-refractivity contribution is 5.97. The number of carbonyl (C=O) groups is 1. The number of carbonyl (C=O) groups excluding carboxylic acids is 1. The van der Waals surface area contributed by atoms with E-state index in [4.69, 9.17) is 14.5 Å². The van der Waals surface area contributed by atoms with E-state index < -0.39 is 5.54 Å². The van der Waals surface area contributed by atoms with Crippen molar-refractivity contribution in [3.63, 3.8) is 0 Å². The maximum Gasteiger partial charge on any atom is 0.267 e. The Balaban J connectivity index is 1.97. The molecule has 1 amide bonds. The number of benzene rings is 2. The summed E-state index contributed by atoms with van der Waals surface area (Å²) in [5, 5.41) is 0. The molecule has 0 fully saturated rings. The zero-order valence-corrected chi connectivity index (χ0v) is 29.7. The smallest absolute Gasteiger partial charge is 0.267 e. The zero-order chi connectivity index (χ0) is 33.6. The average Bonchev–Trinajstić information content (AvgIpc) is 3.09. The first-order chi connectivity index (χ1) is 23.0. The number of fused-ring (bicyclic) bond motifs is 1. The number of ether oxygens (including phenoxy) is 2. The fourth-order valence-corrected chi connectivity index (χ4v) is 6.42. The van der Waals surface area contributed by atoms with Crippen LogP contribution in [0.25, 0.3) is 0 Å². The largest absolute Gasteiger partial charge is 0.493 e. The topological polar surface area (TPSA) is 79.0 Å². The van der Waals surface area contributed by atoms with Crippen LogP contribution < -0.4 is 30.1 Å². The number of unbranched alkanes of at least 4 members (excludes halogenated alkanes) is 4. The third-order valence-corrected chi connectivity index (χ3v) is 8.97. The Morgan fingerprint density at radius 3 is 1.57 bits per heavy atom. The van der Waals surface area contributed by atoms with E-state index in [1.54, 1.807) is 6.20 Å². The van der Waals surface area contributed by atoms with E-state index in [1.165, 1.54) is 0 Å². The summed E-state index contributed by atoms with van der Waals surface area (Å²) >= 11 is 0. The minimum atomic E-state index is -1.08. The molecule has 0 saturated heterocycles. The van der Waals surface area contributed by atoms with E-state index >= 15 is 0 Å². The highest BCUT2D eigenvalue weighted by Crippen LogP contribution is 2.47. The number of hydrogen-bond acceptors (Lipinski definition) is 7. The molecule has 2 aromatic carbocycles. The van der Waals surface area contributed by atoms with Crippen LogP contribution in [-0.2, 0) is 5.54 Å². The first kappa shape index (κ1) is 36.1. The molecular formula is C39H57N5O3. The Bertz CT molecular complexity index is 1340. The van der Waals surface area contributed by atoms with Crippen LogP contribution in [0, 0.1) is 0 Å². The second-order valence-corrected chi connectivity index (χ2v) is 12.3. The van der Waals surface area contributed by atoms with E-state index in [0.717, 1.165) is 112 Å². The maximum absolute atomic E-state index is 13.3. The molecule has 0 aliphatic carbocycles. The lowest BCUT2D eigenvalue weighted by atomic mass is 9.76. The molecule has 1 aliphatic heterocycles. The van der Waals surface area contributed by atoms with E-state index in [9.17, 15) is 4.79 Å². The second-order valence-electron chi connectivity index (χ2n) is 12.3. The van der Waals surface area contributed by atoms with Crippen LogP contribution in [0.15, 0.2) is 54.7 Å². The molecule has 8 nitrogen and oxygen atoms in total. The number of pyridine rings is 1. The molecule has 1 aliphatic rings. The van der Waals surface area contributed by atoms with Gasteiger partial charge in [-0.2, -0.15) is 0 Å². The molecule has 47 heavy (non-hydrogen) atoms. The fraction of sp³-hybridized carbons (Fsp3) is 0.538. The Morgan fingerprint density at radius 1 is 0.681 bits per heavy atom. The van der Waals surface area contributed by atoms with E-state index in [-0.39, 0.29) is 5.91 Å². The lowest BCUT2D eigenvalue weighted by Crippen LogP contribution is -2.58. The molecule has 2 heterocycles. The highest BCUT2D eigenvalue weighted by Gasteiger charge is 2.48. The molecule has 0 bridgehead atoms. The molecule has 0 radical (unpaired) electrons. The van der Waals surface area contributed by atoms with Gasteiger partial charge in [0.15, 0.2) is 0 Å². The van der Waals surface area contributed by atoms with Gasteiger partial charge in [0.1, 0.15) is 17.0 Å². The van der Waals surface area contributed by atoms with Gasteiger partial charge in [0.25, 0.3) is 5.91 Å². The monoisotopic (exact) mass is 643 g/mol. The van der Waals surface area contributed by atoms with Crippen molar-refractivity contribution in [3.8, 4) is 11.5 Å². The van der Waals surface area contributed by atoms with Crippen LogP contribution in [0.2, 0.25) is 0 Å². The summed E-state index contributed by atoms with van der Waals surface area (Å²) in [4.78, 5) is 23.1. The van der Waals surface area contributed by atoms with Crippen LogP contribution in [0.5, 0.6) is 11.5 Å². The normalized spacial score (nSPS) is 13.5. The lowest BCUT2D eigenvalue weighted by molar-refractivity contribution is 0.0892. The highest BCUT2D eigenvalue weighted by atomic mass is 16.5. The van der Waals surface area contributed by atoms with Gasteiger partial charge in [0, 0.05) is 67.0 Å². The lowest BCUT2D eigenvalue weighted by Gasteiger charge is -2.41. The van der Waals surface area contributed by atoms with Gasteiger partial charge in [-0.3, -0.25) is 15.2 Å². The number of amides is 1. The summed E-state index contributed by atoms with van der Waals surface area (Å²) in [6.07, 6.45) is 10.8. The standard InChI is InChI=1S/C39H57N5O3/c1-7-13-24-43(25-14-8-2)30-19-21-33(35(28-30)46-11-5)39(37-32(18-17-23-40-37)38(45)41-42-39)34-22-20-31(29-36(34)47-12-6)44(26-15-9-3)27-16-10-4/h17-23,28-29,42H,7-16,24-27H2,1-6H3,(H,41,45). The van der Waals surface area contributed by atoms with Crippen molar-refractivity contribution < 1.29 is 14.3 Å². The Kier molecular flexibility index (Phi) is 13.8. The van der Waals surface area contributed by atoms with Gasteiger partial charge in [-0.1, -0.05) is 65.5 Å². The third-order valence-electron chi connectivity index (χ3n) is 8.97. The number of nitrogens with zero attached hydrogens (tertiary/aromatic N) is 3. The first-order valence-corrected chi connectivity index (χ1v) is 18.1.